The molecule has 0 heterocycles. The Balaban J connectivity index is 2.84. The van der Waals surface area contributed by atoms with Gasteiger partial charge >= 0.3 is 0 Å². The molecule has 1 rings (SSSR count). The van der Waals surface area contributed by atoms with E-state index >= 15 is 0 Å². The van der Waals surface area contributed by atoms with Gasteiger partial charge in [-0.25, -0.2) is 0 Å². The molecule has 1 saturated carbocycles. The highest BCUT2D eigenvalue weighted by Gasteiger charge is 2.45. The number of hydrogen-bond acceptors (Lipinski definition) is 2. The first-order valence-electron chi connectivity index (χ1n) is 4.62. The fourth-order valence-electron chi connectivity index (χ4n) is 2.57. The Labute approximate surface area is 74.6 Å². The lowest BCUT2D eigenvalue weighted by Crippen LogP contribution is -2.49. The van der Waals surface area contributed by atoms with Gasteiger partial charge in [0.15, 0.2) is 0 Å². The lowest BCUT2D eigenvalue weighted by Gasteiger charge is -2.48. The van der Waals surface area contributed by atoms with Crippen molar-refractivity contribution in [2.24, 2.45) is 10.8 Å². The molecule has 12 heavy (non-hydrogen) atoms. The maximum atomic E-state index is 9.97. The Bertz CT molecular complexity index is 155. The van der Waals surface area contributed by atoms with Crippen LogP contribution in [0.3, 0.4) is 0 Å². The van der Waals surface area contributed by atoms with Crippen molar-refractivity contribution >= 4 is 0 Å². The van der Waals surface area contributed by atoms with Crippen molar-refractivity contribution in [3.8, 4) is 0 Å². The Hall–Kier alpha value is -0.0800. The maximum absolute atomic E-state index is 9.97. The predicted octanol–water partition coefficient (Wildman–Crippen LogP) is 1.55. The van der Waals surface area contributed by atoms with Crippen LogP contribution in [0.5, 0.6) is 0 Å². The number of aliphatic hydroxyl groups is 2. The van der Waals surface area contributed by atoms with Gasteiger partial charge in [0.2, 0.25) is 0 Å². The number of aliphatic hydroxyl groups excluding tert-OH is 2. The van der Waals surface area contributed by atoms with E-state index in [9.17, 15) is 10.2 Å². The Morgan fingerprint density at radius 1 is 0.917 bits per heavy atom. The minimum absolute atomic E-state index is 0.152. The van der Waals surface area contributed by atoms with Crippen LogP contribution in [0.2, 0.25) is 0 Å². The summed E-state index contributed by atoms with van der Waals surface area (Å²) in [6.07, 6.45) is 0.849. The Kier molecular flexibility index (Phi) is 2.26. The Morgan fingerprint density at radius 2 is 1.25 bits per heavy atom. The second-order valence-corrected chi connectivity index (χ2v) is 5.44. The molecule has 0 aromatic rings. The summed E-state index contributed by atoms with van der Waals surface area (Å²) in [6, 6.07) is 0. The van der Waals surface area contributed by atoms with Gasteiger partial charge < -0.3 is 10.2 Å². The number of rotatable bonds is 0. The molecule has 2 heteroatoms. The minimum Gasteiger partial charge on any atom is -0.393 e. The smallest absolute Gasteiger partial charge is 0.0643 e. The standard InChI is InChI=1S/C10H20O2/c1-9(2)5-7(11)6-10(3,4)8(9)12/h7-8,11-12H,5-6H2,1-4H3. The molecule has 0 radical (unpaired) electrons. The van der Waals surface area contributed by atoms with Crippen LogP contribution in [0, 0.1) is 10.8 Å². The molecule has 0 spiro atoms. The third kappa shape index (κ3) is 1.64. The van der Waals surface area contributed by atoms with E-state index in [-0.39, 0.29) is 23.0 Å². The van der Waals surface area contributed by atoms with E-state index in [0.717, 1.165) is 0 Å². The van der Waals surface area contributed by atoms with E-state index in [0.29, 0.717) is 12.8 Å². The van der Waals surface area contributed by atoms with E-state index in [1.807, 2.05) is 27.7 Å². The van der Waals surface area contributed by atoms with Crippen LogP contribution in [0.25, 0.3) is 0 Å². The summed E-state index contributed by atoms with van der Waals surface area (Å²) in [5, 5.41) is 19.6. The van der Waals surface area contributed by atoms with Crippen LogP contribution < -0.4 is 0 Å². The second-order valence-electron chi connectivity index (χ2n) is 5.44. The fourth-order valence-corrected chi connectivity index (χ4v) is 2.57. The summed E-state index contributed by atoms with van der Waals surface area (Å²) >= 11 is 0. The van der Waals surface area contributed by atoms with Crippen molar-refractivity contribution in [2.75, 3.05) is 0 Å². The topological polar surface area (TPSA) is 40.5 Å². The van der Waals surface area contributed by atoms with E-state index in [1.165, 1.54) is 0 Å². The van der Waals surface area contributed by atoms with Crippen LogP contribution in [0.1, 0.15) is 40.5 Å². The van der Waals surface area contributed by atoms with Crippen molar-refractivity contribution in [1.82, 2.24) is 0 Å². The molecule has 1 aliphatic carbocycles. The molecular weight excluding hydrogens is 152 g/mol. The summed E-state index contributed by atoms with van der Waals surface area (Å²) in [6.45, 7) is 8.06. The lowest BCUT2D eigenvalue weighted by molar-refractivity contribution is -0.116. The first-order valence-corrected chi connectivity index (χ1v) is 4.62. The highest BCUT2D eigenvalue weighted by molar-refractivity contribution is 4.96. The van der Waals surface area contributed by atoms with Crippen LogP contribution >= 0.6 is 0 Å². The lowest BCUT2D eigenvalue weighted by atomic mass is 9.62. The minimum atomic E-state index is -0.312. The molecule has 0 aromatic carbocycles. The molecular formula is C10H20O2. The van der Waals surface area contributed by atoms with Gasteiger partial charge in [0.1, 0.15) is 0 Å². The largest absolute Gasteiger partial charge is 0.393 e. The summed E-state index contributed by atoms with van der Waals surface area (Å²) in [7, 11) is 0. The van der Waals surface area contributed by atoms with Crippen molar-refractivity contribution < 1.29 is 10.2 Å². The van der Waals surface area contributed by atoms with Gasteiger partial charge in [0, 0.05) is 0 Å². The van der Waals surface area contributed by atoms with Crippen molar-refractivity contribution in [3.05, 3.63) is 0 Å². The van der Waals surface area contributed by atoms with Crippen LogP contribution in [0.15, 0.2) is 0 Å². The third-order valence-corrected chi connectivity index (χ3v) is 3.00. The van der Waals surface area contributed by atoms with Crippen LogP contribution in [-0.4, -0.2) is 22.4 Å². The normalized spacial score (nSPS) is 39.5. The van der Waals surface area contributed by atoms with Gasteiger partial charge in [-0.3, -0.25) is 0 Å². The van der Waals surface area contributed by atoms with Gasteiger partial charge in [-0.15, -0.1) is 0 Å². The molecule has 0 bridgehead atoms. The van der Waals surface area contributed by atoms with Gasteiger partial charge in [0.25, 0.3) is 0 Å². The molecule has 2 N–H and O–H groups in total. The first-order chi connectivity index (χ1) is 5.26. The van der Waals surface area contributed by atoms with E-state index in [4.69, 9.17) is 0 Å². The van der Waals surface area contributed by atoms with Crippen molar-refractivity contribution in [3.63, 3.8) is 0 Å². The molecule has 72 valence electrons. The zero-order valence-electron chi connectivity index (χ0n) is 8.46. The molecule has 0 saturated heterocycles. The molecule has 0 aromatic heterocycles. The zero-order valence-corrected chi connectivity index (χ0v) is 8.46. The van der Waals surface area contributed by atoms with Crippen LogP contribution in [0.4, 0.5) is 0 Å². The summed E-state index contributed by atoms with van der Waals surface area (Å²) in [5.41, 5.74) is -0.303. The van der Waals surface area contributed by atoms with E-state index < -0.39 is 0 Å². The second kappa shape index (κ2) is 2.71. The average Bonchev–Trinajstić information content (AvgIpc) is 1.80. The third-order valence-electron chi connectivity index (χ3n) is 3.00. The zero-order chi connectivity index (χ0) is 9.57. The van der Waals surface area contributed by atoms with Gasteiger partial charge in [-0.05, 0) is 23.7 Å². The summed E-state index contributed by atoms with van der Waals surface area (Å²) < 4.78 is 0. The molecule has 1 fully saturated rings. The fraction of sp³-hybridized carbons (Fsp3) is 1.00. The molecule has 2 nitrogen and oxygen atoms in total. The Morgan fingerprint density at radius 3 is 1.58 bits per heavy atom. The van der Waals surface area contributed by atoms with E-state index in [1.54, 1.807) is 0 Å². The van der Waals surface area contributed by atoms with Crippen molar-refractivity contribution in [1.29, 1.82) is 0 Å². The van der Waals surface area contributed by atoms with E-state index in [2.05, 4.69) is 0 Å². The molecule has 1 aliphatic rings. The van der Waals surface area contributed by atoms with Gasteiger partial charge in [0.05, 0.1) is 12.2 Å². The first kappa shape index (κ1) is 10.0. The molecule has 0 aliphatic heterocycles. The SMILES string of the molecule is CC1(C)CC(O)CC(C)(C)C1O. The number of hydrogen-bond donors (Lipinski definition) is 2. The highest BCUT2D eigenvalue weighted by atomic mass is 16.3. The predicted molar refractivity (Wildman–Crippen MR) is 48.8 cm³/mol. The van der Waals surface area contributed by atoms with Crippen molar-refractivity contribution in [2.45, 2.75) is 52.7 Å². The van der Waals surface area contributed by atoms with Crippen LogP contribution in [-0.2, 0) is 0 Å². The summed E-state index contributed by atoms with van der Waals surface area (Å²) in [4.78, 5) is 0. The average molecular weight is 172 g/mol. The van der Waals surface area contributed by atoms with Gasteiger partial charge in [-0.1, -0.05) is 27.7 Å². The monoisotopic (exact) mass is 172 g/mol. The highest BCUT2D eigenvalue weighted by Crippen LogP contribution is 2.45. The van der Waals surface area contributed by atoms with Gasteiger partial charge in [-0.2, -0.15) is 0 Å². The molecule has 0 atom stereocenters. The maximum Gasteiger partial charge on any atom is 0.0643 e. The quantitative estimate of drug-likeness (QED) is 0.582. The molecule has 0 amide bonds. The molecule has 0 unspecified atom stereocenters. The summed E-state index contributed by atoms with van der Waals surface area (Å²) in [5.74, 6) is 0.